The van der Waals surface area contributed by atoms with Crippen molar-refractivity contribution in [3.63, 3.8) is 0 Å². The van der Waals surface area contributed by atoms with E-state index >= 15 is 0 Å². The molecule has 1 aromatic rings. The molecule has 0 N–H and O–H groups in total. The first-order valence-corrected chi connectivity index (χ1v) is 9.77. The first kappa shape index (κ1) is 20.1. The molecule has 132 valence electrons. The van der Waals surface area contributed by atoms with Crippen LogP contribution in [-0.4, -0.2) is 5.60 Å². The van der Waals surface area contributed by atoms with Crippen molar-refractivity contribution in [2.75, 3.05) is 0 Å². The zero-order valence-corrected chi connectivity index (χ0v) is 16.1. The van der Waals surface area contributed by atoms with E-state index in [4.69, 9.17) is 4.74 Å². The van der Waals surface area contributed by atoms with E-state index < -0.39 is 0 Å². The van der Waals surface area contributed by atoms with E-state index in [9.17, 15) is 0 Å². The van der Waals surface area contributed by atoms with Gasteiger partial charge in [0.05, 0.1) is 0 Å². The minimum atomic E-state index is -0.0508. The average Bonchev–Trinajstić information content (AvgIpc) is 2.53. The van der Waals surface area contributed by atoms with Crippen molar-refractivity contribution in [3.05, 3.63) is 30.3 Å². The third-order valence-electron chi connectivity index (χ3n) is 5.18. The van der Waals surface area contributed by atoms with E-state index in [1.807, 2.05) is 0 Å². The Morgan fingerprint density at radius 3 is 1.83 bits per heavy atom. The van der Waals surface area contributed by atoms with Crippen LogP contribution in [0.2, 0.25) is 0 Å². The highest BCUT2D eigenvalue weighted by molar-refractivity contribution is 5.22. The second kappa shape index (κ2) is 10.7. The van der Waals surface area contributed by atoms with Gasteiger partial charge in [-0.05, 0) is 36.8 Å². The Labute approximate surface area is 144 Å². The molecule has 0 spiro atoms. The number of benzene rings is 1. The van der Waals surface area contributed by atoms with Gasteiger partial charge in [0.25, 0.3) is 0 Å². The van der Waals surface area contributed by atoms with E-state index in [2.05, 4.69) is 65.0 Å². The molecule has 0 aliphatic heterocycles. The summed E-state index contributed by atoms with van der Waals surface area (Å²) >= 11 is 0. The molecule has 1 rings (SSSR count). The summed E-state index contributed by atoms with van der Waals surface area (Å²) < 4.78 is 6.57. The summed E-state index contributed by atoms with van der Waals surface area (Å²) in [5, 5.41) is 0. The van der Waals surface area contributed by atoms with Crippen molar-refractivity contribution in [2.45, 2.75) is 91.6 Å². The summed E-state index contributed by atoms with van der Waals surface area (Å²) in [5.41, 5.74) is -0.0508. The highest BCUT2D eigenvalue weighted by Crippen LogP contribution is 2.37. The quantitative estimate of drug-likeness (QED) is 0.368. The number of hydrogen-bond acceptors (Lipinski definition) is 1. The van der Waals surface area contributed by atoms with E-state index in [-0.39, 0.29) is 5.60 Å². The standard InChI is InChI=1S/C22H38O/c1-6-7-8-9-10-11-15-18-22(19(2)3,20(4)5)23-21-16-13-12-14-17-21/h12-14,16-17,19-20H,6-11,15,18H2,1-5H3. The highest BCUT2D eigenvalue weighted by atomic mass is 16.5. The van der Waals surface area contributed by atoms with Gasteiger partial charge in [0.15, 0.2) is 0 Å². The SMILES string of the molecule is CCCCCCCCCC(Oc1ccccc1)(C(C)C)C(C)C. The number of unbranched alkanes of at least 4 members (excludes halogenated alkanes) is 6. The molecular weight excluding hydrogens is 280 g/mol. The lowest BCUT2D eigenvalue weighted by atomic mass is 9.76. The maximum absolute atomic E-state index is 6.57. The van der Waals surface area contributed by atoms with Gasteiger partial charge in [0, 0.05) is 0 Å². The van der Waals surface area contributed by atoms with Crippen LogP contribution in [0.4, 0.5) is 0 Å². The number of rotatable bonds is 12. The van der Waals surface area contributed by atoms with E-state index in [0.29, 0.717) is 11.8 Å². The van der Waals surface area contributed by atoms with Crippen LogP contribution in [0.15, 0.2) is 30.3 Å². The molecule has 0 radical (unpaired) electrons. The molecule has 1 aromatic carbocycles. The van der Waals surface area contributed by atoms with Crippen molar-refractivity contribution >= 4 is 0 Å². The van der Waals surface area contributed by atoms with Crippen molar-refractivity contribution in [2.24, 2.45) is 11.8 Å². The van der Waals surface area contributed by atoms with E-state index in [0.717, 1.165) is 12.2 Å². The minimum absolute atomic E-state index is 0.0508. The van der Waals surface area contributed by atoms with Gasteiger partial charge in [0.2, 0.25) is 0 Å². The molecule has 0 bridgehead atoms. The molecule has 0 amide bonds. The fraction of sp³-hybridized carbons (Fsp3) is 0.727. The average molecular weight is 319 g/mol. The van der Waals surface area contributed by atoms with Gasteiger partial charge in [-0.15, -0.1) is 0 Å². The molecule has 0 heterocycles. The van der Waals surface area contributed by atoms with E-state index in [1.165, 1.54) is 44.9 Å². The Morgan fingerprint density at radius 1 is 0.783 bits per heavy atom. The van der Waals surface area contributed by atoms with Crippen LogP contribution in [0.25, 0.3) is 0 Å². The summed E-state index contributed by atoms with van der Waals surface area (Å²) in [6.45, 7) is 11.5. The third kappa shape index (κ3) is 6.57. The molecule has 0 unspecified atom stereocenters. The normalized spacial score (nSPS) is 12.1. The van der Waals surface area contributed by atoms with Gasteiger partial charge in [-0.3, -0.25) is 0 Å². The smallest absolute Gasteiger partial charge is 0.120 e. The second-order valence-corrected chi connectivity index (χ2v) is 7.55. The van der Waals surface area contributed by atoms with Crippen LogP contribution in [0.1, 0.15) is 86.0 Å². The maximum atomic E-state index is 6.57. The summed E-state index contributed by atoms with van der Waals surface area (Å²) in [4.78, 5) is 0. The lowest BCUT2D eigenvalue weighted by Crippen LogP contribution is -2.46. The first-order chi connectivity index (χ1) is 11.0. The van der Waals surface area contributed by atoms with Crippen LogP contribution in [0, 0.1) is 11.8 Å². The number of ether oxygens (including phenoxy) is 1. The molecule has 0 fully saturated rings. The van der Waals surface area contributed by atoms with Crippen molar-refractivity contribution < 1.29 is 4.74 Å². The summed E-state index contributed by atoms with van der Waals surface area (Å²) in [7, 11) is 0. The number of para-hydroxylation sites is 1. The topological polar surface area (TPSA) is 9.23 Å². The van der Waals surface area contributed by atoms with Crippen LogP contribution in [-0.2, 0) is 0 Å². The Hall–Kier alpha value is -0.980. The van der Waals surface area contributed by atoms with Crippen LogP contribution < -0.4 is 4.74 Å². The molecular formula is C22H38O. The minimum Gasteiger partial charge on any atom is -0.487 e. The molecule has 0 aliphatic carbocycles. The third-order valence-corrected chi connectivity index (χ3v) is 5.18. The summed E-state index contributed by atoms with van der Waals surface area (Å²) in [6.07, 6.45) is 10.6. The summed E-state index contributed by atoms with van der Waals surface area (Å²) in [5.74, 6) is 2.04. The lowest BCUT2D eigenvalue weighted by molar-refractivity contribution is -0.0307. The lowest BCUT2D eigenvalue weighted by Gasteiger charge is -2.42. The van der Waals surface area contributed by atoms with Crippen molar-refractivity contribution in [3.8, 4) is 5.75 Å². The molecule has 1 nitrogen and oxygen atoms in total. The molecule has 0 aliphatic rings. The monoisotopic (exact) mass is 318 g/mol. The predicted octanol–water partition coefficient (Wildman–Crippen LogP) is 7.26. The zero-order chi connectivity index (χ0) is 17.1. The fourth-order valence-electron chi connectivity index (χ4n) is 3.60. The molecule has 0 saturated carbocycles. The fourth-order valence-corrected chi connectivity index (χ4v) is 3.60. The largest absolute Gasteiger partial charge is 0.487 e. The Kier molecular flexibility index (Phi) is 9.36. The van der Waals surface area contributed by atoms with E-state index in [1.54, 1.807) is 0 Å². The first-order valence-electron chi connectivity index (χ1n) is 9.77. The summed E-state index contributed by atoms with van der Waals surface area (Å²) in [6, 6.07) is 10.4. The van der Waals surface area contributed by atoms with Crippen LogP contribution >= 0.6 is 0 Å². The van der Waals surface area contributed by atoms with Gasteiger partial charge >= 0.3 is 0 Å². The van der Waals surface area contributed by atoms with Gasteiger partial charge in [-0.25, -0.2) is 0 Å². The second-order valence-electron chi connectivity index (χ2n) is 7.55. The Bertz CT molecular complexity index is 386. The maximum Gasteiger partial charge on any atom is 0.120 e. The number of hydrogen-bond donors (Lipinski definition) is 0. The molecule has 1 heteroatoms. The van der Waals surface area contributed by atoms with Crippen molar-refractivity contribution in [1.29, 1.82) is 0 Å². The molecule has 0 aromatic heterocycles. The molecule has 0 atom stereocenters. The van der Waals surface area contributed by atoms with Gasteiger partial charge < -0.3 is 4.74 Å². The van der Waals surface area contributed by atoms with Crippen LogP contribution in [0.3, 0.4) is 0 Å². The van der Waals surface area contributed by atoms with Gasteiger partial charge in [-0.2, -0.15) is 0 Å². The predicted molar refractivity (Wildman–Crippen MR) is 102 cm³/mol. The van der Waals surface area contributed by atoms with Crippen molar-refractivity contribution in [1.82, 2.24) is 0 Å². The zero-order valence-electron chi connectivity index (χ0n) is 16.1. The van der Waals surface area contributed by atoms with Gasteiger partial charge in [-0.1, -0.05) is 91.3 Å². The highest BCUT2D eigenvalue weighted by Gasteiger charge is 2.38. The molecule has 0 saturated heterocycles. The van der Waals surface area contributed by atoms with Crippen LogP contribution in [0.5, 0.6) is 5.75 Å². The Morgan fingerprint density at radius 2 is 1.30 bits per heavy atom. The van der Waals surface area contributed by atoms with Gasteiger partial charge in [0.1, 0.15) is 11.4 Å². The Balaban J connectivity index is 2.58. The molecule has 23 heavy (non-hydrogen) atoms.